The van der Waals surface area contributed by atoms with E-state index in [2.05, 4.69) is 96.4 Å². The van der Waals surface area contributed by atoms with Crippen LogP contribution < -0.4 is 10.6 Å². The fourth-order valence-corrected chi connectivity index (χ4v) is 5.03. The van der Waals surface area contributed by atoms with E-state index in [4.69, 9.17) is 0 Å². The number of nitrogens with one attached hydrogen (secondary N) is 2. The van der Waals surface area contributed by atoms with Crippen LogP contribution in [0.15, 0.2) is 95.6 Å². The Kier molecular flexibility index (Phi) is 4.11. The van der Waals surface area contributed by atoms with E-state index in [0.717, 1.165) is 19.4 Å². The van der Waals surface area contributed by atoms with Crippen molar-refractivity contribution >= 4 is 0 Å². The molecule has 2 aromatic rings. The number of fused-ring (bicyclic) bond motifs is 2. The zero-order valence-corrected chi connectivity index (χ0v) is 15.8. The van der Waals surface area contributed by atoms with Crippen LogP contribution in [-0.2, 0) is 12.8 Å². The monoisotopic (exact) mass is 354 g/mol. The van der Waals surface area contributed by atoms with Crippen molar-refractivity contribution in [3.05, 3.63) is 107 Å². The number of hydrogen-bond donors (Lipinski definition) is 2. The van der Waals surface area contributed by atoms with E-state index in [1.165, 1.54) is 22.3 Å². The van der Waals surface area contributed by atoms with E-state index in [0.29, 0.717) is 12.0 Å². The van der Waals surface area contributed by atoms with Crippen molar-refractivity contribution in [2.45, 2.75) is 31.5 Å². The SMILES string of the molecule is CC12NCC(Cc3ccccc3)C1=C1C(Cc3ccccc3)=CC=CC1N2. The minimum atomic E-state index is -0.0933. The number of rotatable bonds is 4. The average Bonchev–Trinajstić information content (AvgIpc) is 3.16. The summed E-state index contributed by atoms with van der Waals surface area (Å²) in [5.74, 6) is 0.538. The standard InChI is InChI=1S/C25H26N2/c1-25-24(21(17-26-25)16-19-11-6-3-7-12-19)23-20(13-8-14-22(23)27-25)15-18-9-4-2-5-10-18/h2-14,21-22,26-27H,15-17H2,1H3. The molecule has 2 heteroatoms. The topological polar surface area (TPSA) is 24.1 Å². The van der Waals surface area contributed by atoms with E-state index < -0.39 is 0 Å². The summed E-state index contributed by atoms with van der Waals surface area (Å²) in [7, 11) is 0. The highest BCUT2D eigenvalue weighted by Crippen LogP contribution is 2.44. The number of hydrogen-bond acceptors (Lipinski definition) is 2. The molecule has 1 saturated heterocycles. The first-order valence-corrected chi connectivity index (χ1v) is 9.96. The third-order valence-electron chi connectivity index (χ3n) is 6.20. The van der Waals surface area contributed by atoms with Crippen LogP contribution in [0.4, 0.5) is 0 Å². The molecule has 3 aliphatic rings. The zero-order valence-electron chi connectivity index (χ0n) is 15.8. The van der Waals surface area contributed by atoms with Gasteiger partial charge in [-0.2, -0.15) is 0 Å². The highest BCUT2D eigenvalue weighted by Gasteiger charge is 2.49. The van der Waals surface area contributed by atoms with Crippen molar-refractivity contribution in [2.75, 3.05) is 6.54 Å². The molecule has 2 aliphatic heterocycles. The summed E-state index contributed by atoms with van der Waals surface area (Å²) in [4.78, 5) is 0. The quantitative estimate of drug-likeness (QED) is 0.861. The van der Waals surface area contributed by atoms with E-state index in [9.17, 15) is 0 Å². The Morgan fingerprint density at radius 2 is 1.67 bits per heavy atom. The number of benzene rings is 2. The van der Waals surface area contributed by atoms with Crippen LogP contribution in [0, 0.1) is 5.92 Å². The van der Waals surface area contributed by atoms with Gasteiger partial charge in [-0.25, -0.2) is 0 Å². The van der Waals surface area contributed by atoms with Gasteiger partial charge in [0.1, 0.15) is 0 Å². The lowest BCUT2D eigenvalue weighted by Gasteiger charge is -2.24. The summed E-state index contributed by atoms with van der Waals surface area (Å²) >= 11 is 0. The fourth-order valence-electron chi connectivity index (χ4n) is 5.03. The molecule has 2 nitrogen and oxygen atoms in total. The Bertz CT molecular complexity index is 923. The second-order valence-corrected chi connectivity index (χ2v) is 8.08. The average molecular weight is 354 g/mol. The Hall–Kier alpha value is -2.42. The minimum Gasteiger partial charge on any atom is -0.295 e. The molecule has 2 N–H and O–H groups in total. The molecule has 5 rings (SSSR count). The maximum Gasteiger partial charge on any atom is 0.0897 e. The highest BCUT2D eigenvalue weighted by molar-refractivity contribution is 5.57. The second kappa shape index (κ2) is 6.63. The van der Waals surface area contributed by atoms with Crippen molar-refractivity contribution in [1.82, 2.24) is 10.6 Å². The van der Waals surface area contributed by atoms with Crippen LogP contribution in [0.25, 0.3) is 0 Å². The van der Waals surface area contributed by atoms with Crippen molar-refractivity contribution in [2.24, 2.45) is 5.92 Å². The van der Waals surface area contributed by atoms with Gasteiger partial charge in [-0.1, -0.05) is 78.9 Å². The van der Waals surface area contributed by atoms with Crippen LogP contribution in [0.2, 0.25) is 0 Å². The molecular formula is C25H26N2. The summed E-state index contributed by atoms with van der Waals surface area (Å²) in [6.45, 7) is 3.35. The lowest BCUT2D eigenvalue weighted by Crippen LogP contribution is -2.50. The molecule has 0 bridgehead atoms. The van der Waals surface area contributed by atoms with Gasteiger partial charge in [0.25, 0.3) is 0 Å². The molecule has 1 aliphatic carbocycles. The van der Waals surface area contributed by atoms with Crippen LogP contribution in [0.5, 0.6) is 0 Å². The molecule has 0 aromatic heterocycles. The third-order valence-corrected chi connectivity index (χ3v) is 6.20. The lowest BCUT2D eigenvalue weighted by molar-refractivity contribution is 0.397. The van der Waals surface area contributed by atoms with Gasteiger partial charge in [0.2, 0.25) is 0 Å². The predicted octanol–water partition coefficient (Wildman–Crippen LogP) is 4.17. The molecule has 0 saturated carbocycles. The zero-order chi connectivity index (χ0) is 18.3. The fraction of sp³-hybridized carbons (Fsp3) is 0.280. The Morgan fingerprint density at radius 3 is 2.41 bits per heavy atom. The van der Waals surface area contributed by atoms with Crippen LogP contribution >= 0.6 is 0 Å². The van der Waals surface area contributed by atoms with Gasteiger partial charge in [0, 0.05) is 12.5 Å². The van der Waals surface area contributed by atoms with Crippen molar-refractivity contribution in [1.29, 1.82) is 0 Å². The van der Waals surface area contributed by atoms with E-state index >= 15 is 0 Å². The van der Waals surface area contributed by atoms with Crippen LogP contribution in [0.1, 0.15) is 18.1 Å². The Balaban J connectivity index is 1.52. The second-order valence-electron chi connectivity index (χ2n) is 8.08. The van der Waals surface area contributed by atoms with E-state index in [1.807, 2.05) is 0 Å². The van der Waals surface area contributed by atoms with Crippen molar-refractivity contribution in [3.8, 4) is 0 Å². The van der Waals surface area contributed by atoms with Gasteiger partial charge in [-0.05, 0) is 47.6 Å². The van der Waals surface area contributed by atoms with E-state index in [1.54, 1.807) is 5.57 Å². The molecule has 0 spiro atoms. The molecule has 0 radical (unpaired) electrons. The Morgan fingerprint density at radius 1 is 0.963 bits per heavy atom. The van der Waals surface area contributed by atoms with Crippen molar-refractivity contribution < 1.29 is 0 Å². The molecule has 1 fully saturated rings. The van der Waals surface area contributed by atoms with Gasteiger partial charge in [-0.3, -0.25) is 10.6 Å². The van der Waals surface area contributed by atoms with Gasteiger partial charge in [-0.15, -0.1) is 0 Å². The van der Waals surface area contributed by atoms with Gasteiger partial charge < -0.3 is 0 Å². The minimum absolute atomic E-state index is 0.0933. The smallest absolute Gasteiger partial charge is 0.0897 e. The summed E-state index contributed by atoms with van der Waals surface area (Å²) in [5, 5.41) is 7.63. The molecule has 2 heterocycles. The molecule has 2 aromatic carbocycles. The molecule has 3 unspecified atom stereocenters. The van der Waals surface area contributed by atoms with E-state index in [-0.39, 0.29) is 5.66 Å². The Labute approximate surface area is 161 Å². The van der Waals surface area contributed by atoms with Gasteiger partial charge in [0.15, 0.2) is 0 Å². The maximum absolute atomic E-state index is 3.85. The highest BCUT2D eigenvalue weighted by atomic mass is 15.2. The summed E-state index contributed by atoms with van der Waals surface area (Å²) in [6.07, 6.45) is 8.94. The third kappa shape index (κ3) is 2.99. The van der Waals surface area contributed by atoms with Crippen molar-refractivity contribution in [3.63, 3.8) is 0 Å². The van der Waals surface area contributed by atoms with Crippen LogP contribution in [-0.4, -0.2) is 18.2 Å². The predicted molar refractivity (Wildman–Crippen MR) is 111 cm³/mol. The van der Waals surface area contributed by atoms with Gasteiger partial charge in [0.05, 0.1) is 11.7 Å². The summed E-state index contributed by atoms with van der Waals surface area (Å²) in [6, 6.07) is 22.0. The first-order valence-electron chi connectivity index (χ1n) is 9.96. The normalized spacial score (nSPS) is 28.9. The number of allylic oxidation sites excluding steroid dienone is 2. The largest absolute Gasteiger partial charge is 0.295 e. The molecule has 0 amide bonds. The summed E-state index contributed by atoms with van der Waals surface area (Å²) in [5.41, 5.74) is 7.26. The molecule has 136 valence electrons. The van der Waals surface area contributed by atoms with Gasteiger partial charge >= 0.3 is 0 Å². The molecule has 27 heavy (non-hydrogen) atoms. The lowest BCUT2D eigenvalue weighted by atomic mass is 9.81. The first kappa shape index (κ1) is 16.7. The molecular weight excluding hydrogens is 328 g/mol. The molecule has 3 atom stereocenters. The van der Waals surface area contributed by atoms with Crippen LogP contribution in [0.3, 0.4) is 0 Å². The maximum atomic E-state index is 3.85. The summed E-state index contributed by atoms with van der Waals surface area (Å²) < 4.78 is 0. The first-order chi connectivity index (χ1) is 13.2.